The normalized spacial score (nSPS) is 28.4. The molecule has 28 heavy (non-hydrogen) atoms. The lowest BCUT2D eigenvalue weighted by Gasteiger charge is -2.32. The predicted molar refractivity (Wildman–Crippen MR) is 117 cm³/mol. The van der Waals surface area contributed by atoms with Crippen molar-refractivity contribution in [2.75, 3.05) is 32.6 Å². The van der Waals surface area contributed by atoms with Crippen LogP contribution in [0.5, 0.6) is 0 Å². The Kier molecular flexibility index (Phi) is 3.74. The number of aryl methyl sites for hydroxylation is 2. The lowest BCUT2D eigenvalue weighted by molar-refractivity contribution is 0.403. The number of rotatable bonds is 4. The fourth-order valence-electron chi connectivity index (χ4n) is 4.63. The van der Waals surface area contributed by atoms with Gasteiger partial charge in [0.25, 0.3) is 5.56 Å². The second-order valence-corrected chi connectivity index (χ2v) is 9.58. The summed E-state index contributed by atoms with van der Waals surface area (Å²) in [6.07, 6.45) is 10.5. The van der Waals surface area contributed by atoms with Gasteiger partial charge in [-0.15, -0.1) is 11.3 Å². The van der Waals surface area contributed by atoms with Crippen LogP contribution in [-0.2, 0) is 5.41 Å². The SMILES string of the molecule is Cc1sc2nc3n(c(=O)c2c1C)NC(=NCCCN(C)C)C12C=CC=CC31C2.[HH]. The standard InChI is InChI=1S/C21H25N5OS.H2/c1-13-14(2)28-16-15(13)17(27)26-19(23-16)21-9-6-5-8-20(21,12-21)18(24-26)22-10-7-11-25(3)4;/h5-6,8-9H,7,10-12H2,1-4H3,(H,22,24);1H. The van der Waals surface area contributed by atoms with Crippen molar-refractivity contribution in [1.29, 1.82) is 0 Å². The Morgan fingerprint density at radius 3 is 2.82 bits per heavy atom. The Balaban J connectivity index is 0.00000205. The molecule has 1 N–H and O–H groups in total. The van der Waals surface area contributed by atoms with E-state index in [-0.39, 0.29) is 17.8 Å². The zero-order valence-electron chi connectivity index (χ0n) is 16.7. The maximum atomic E-state index is 13.4. The average Bonchev–Trinajstić information content (AvgIpc) is 3.29. The monoisotopic (exact) mass is 397 g/mol. The van der Waals surface area contributed by atoms with Gasteiger partial charge in [0.1, 0.15) is 16.5 Å². The van der Waals surface area contributed by atoms with Gasteiger partial charge in [0, 0.05) is 12.8 Å². The first-order chi connectivity index (χ1) is 13.4. The molecule has 2 unspecified atom stereocenters. The smallest absolute Gasteiger partial charge is 0.281 e. The molecule has 0 spiro atoms. The maximum absolute atomic E-state index is 13.4. The topological polar surface area (TPSA) is 62.5 Å². The van der Waals surface area contributed by atoms with Crippen molar-refractivity contribution in [3.63, 3.8) is 0 Å². The molecule has 2 aromatic heterocycles. The summed E-state index contributed by atoms with van der Waals surface area (Å²) in [7, 11) is 4.15. The number of nitrogens with zero attached hydrogens (tertiary/aromatic N) is 4. The molecule has 3 heterocycles. The van der Waals surface area contributed by atoms with E-state index in [1.165, 1.54) is 0 Å². The quantitative estimate of drug-likeness (QED) is 0.806. The first kappa shape index (κ1) is 17.8. The number of hydrogen-bond donors (Lipinski definition) is 1. The van der Waals surface area contributed by atoms with Crippen molar-refractivity contribution in [3.8, 4) is 0 Å². The number of thiophene rings is 1. The number of allylic oxidation sites excluding steroid dienone is 3. The molecule has 1 saturated carbocycles. The van der Waals surface area contributed by atoms with Gasteiger partial charge in [0.05, 0.1) is 16.2 Å². The second-order valence-electron chi connectivity index (χ2n) is 8.38. The van der Waals surface area contributed by atoms with E-state index in [9.17, 15) is 4.79 Å². The fraction of sp³-hybridized carbons (Fsp3) is 0.476. The van der Waals surface area contributed by atoms with Gasteiger partial charge in [0.15, 0.2) is 0 Å². The molecular weight excluding hydrogens is 370 g/mol. The third kappa shape index (κ3) is 2.20. The average molecular weight is 398 g/mol. The van der Waals surface area contributed by atoms with E-state index in [0.29, 0.717) is 0 Å². The first-order valence-electron chi connectivity index (χ1n) is 9.77. The minimum Gasteiger partial charge on any atom is -0.309 e. The molecule has 5 rings (SSSR count). The van der Waals surface area contributed by atoms with E-state index in [1.54, 1.807) is 16.0 Å². The van der Waals surface area contributed by atoms with Crippen molar-refractivity contribution in [1.82, 2.24) is 14.6 Å². The number of amidine groups is 1. The number of fused-ring (bicyclic) bond motifs is 2. The summed E-state index contributed by atoms with van der Waals surface area (Å²) in [5, 5.41) is 0.727. The number of hydrogen-bond acceptors (Lipinski definition) is 5. The van der Waals surface area contributed by atoms with Crippen LogP contribution in [0.15, 0.2) is 34.1 Å². The van der Waals surface area contributed by atoms with Gasteiger partial charge in [-0.25, -0.2) is 9.66 Å². The molecule has 6 nitrogen and oxygen atoms in total. The van der Waals surface area contributed by atoms with Gasteiger partial charge in [0.2, 0.25) is 0 Å². The summed E-state index contributed by atoms with van der Waals surface area (Å²) in [4.78, 5) is 27.4. The molecule has 7 heteroatoms. The summed E-state index contributed by atoms with van der Waals surface area (Å²) < 4.78 is 1.65. The zero-order valence-corrected chi connectivity index (χ0v) is 17.6. The minimum absolute atomic E-state index is 0. The van der Waals surface area contributed by atoms with E-state index in [0.717, 1.165) is 58.2 Å². The van der Waals surface area contributed by atoms with E-state index < -0.39 is 0 Å². The summed E-state index contributed by atoms with van der Waals surface area (Å²) in [6.45, 7) is 5.80. The van der Waals surface area contributed by atoms with Gasteiger partial charge >= 0.3 is 0 Å². The highest BCUT2D eigenvalue weighted by atomic mass is 32.1. The van der Waals surface area contributed by atoms with Crippen molar-refractivity contribution < 1.29 is 1.43 Å². The highest BCUT2D eigenvalue weighted by Gasteiger charge is 2.73. The number of nitrogens with one attached hydrogen (secondary N) is 1. The Hall–Kier alpha value is -2.25. The van der Waals surface area contributed by atoms with Crippen LogP contribution >= 0.6 is 11.3 Å². The summed E-state index contributed by atoms with van der Waals surface area (Å²) in [5.41, 5.74) is 3.93. The van der Waals surface area contributed by atoms with Crippen LogP contribution in [0.1, 0.15) is 30.5 Å². The number of aromatic nitrogens is 2. The van der Waals surface area contributed by atoms with Gasteiger partial charge in [-0.05, 0) is 52.9 Å². The van der Waals surface area contributed by atoms with Gasteiger partial charge in [-0.3, -0.25) is 15.2 Å². The predicted octanol–water partition coefficient (Wildman–Crippen LogP) is 2.98. The summed E-state index contributed by atoms with van der Waals surface area (Å²) in [5.74, 6) is 1.71. The fourth-order valence-corrected chi connectivity index (χ4v) is 5.65. The Morgan fingerprint density at radius 1 is 1.32 bits per heavy atom. The van der Waals surface area contributed by atoms with Crippen molar-refractivity contribution in [2.24, 2.45) is 10.4 Å². The van der Waals surface area contributed by atoms with Gasteiger partial charge in [-0.2, -0.15) is 0 Å². The highest BCUT2D eigenvalue weighted by Crippen LogP contribution is 2.69. The largest absolute Gasteiger partial charge is 0.309 e. The zero-order chi connectivity index (χ0) is 19.7. The van der Waals surface area contributed by atoms with E-state index in [2.05, 4.69) is 55.6 Å². The molecule has 2 aliphatic carbocycles. The van der Waals surface area contributed by atoms with Crippen molar-refractivity contribution in [3.05, 3.63) is 50.9 Å². The Bertz CT molecular complexity index is 1140. The van der Waals surface area contributed by atoms with Crippen LogP contribution in [0.2, 0.25) is 0 Å². The Labute approximate surface area is 169 Å². The van der Waals surface area contributed by atoms with Crippen LogP contribution in [0, 0.1) is 19.3 Å². The molecule has 1 fully saturated rings. The molecule has 0 saturated heterocycles. The van der Waals surface area contributed by atoms with E-state index >= 15 is 0 Å². The van der Waals surface area contributed by atoms with Crippen LogP contribution < -0.4 is 11.0 Å². The molecule has 0 amide bonds. The third-order valence-electron chi connectivity index (χ3n) is 6.38. The lowest BCUT2D eigenvalue weighted by atomic mass is 9.85. The molecule has 2 atom stereocenters. The van der Waals surface area contributed by atoms with Gasteiger partial charge in [-0.1, -0.05) is 24.3 Å². The van der Waals surface area contributed by atoms with Crippen LogP contribution in [0.4, 0.5) is 0 Å². The van der Waals surface area contributed by atoms with Crippen LogP contribution in [-0.4, -0.2) is 47.6 Å². The summed E-state index contributed by atoms with van der Waals surface area (Å²) >= 11 is 1.61. The molecule has 3 aliphatic rings. The summed E-state index contributed by atoms with van der Waals surface area (Å²) in [6, 6.07) is 0. The van der Waals surface area contributed by atoms with Crippen LogP contribution in [0.25, 0.3) is 10.2 Å². The molecule has 1 aliphatic heterocycles. The molecular formula is C21H27N5OS. The third-order valence-corrected chi connectivity index (χ3v) is 7.48. The molecule has 0 radical (unpaired) electrons. The first-order valence-corrected chi connectivity index (χ1v) is 10.6. The minimum atomic E-state index is -0.257. The number of aliphatic imine (C=N–C) groups is 1. The molecule has 0 aromatic carbocycles. The second kappa shape index (κ2) is 5.87. The highest BCUT2D eigenvalue weighted by molar-refractivity contribution is 7.18. The van der Waals surface area contributed by atoms with E-state index in [4.69, 9.17) is 9.98 Å². The van der Waals surface area contributed by atoms with Gasteiger partial charge < -0.3 is 4.90 Å². The van der Waals surface area contributed by atoms with Crippen molar-refractivity contribution in [2.45, 2.75) is 32.1 Å². The molecule has 148 valence electrons. The maximum Gasteiger partial charge on any atom is 0.281 e. The van der Waals surface area contributed by atoms with Crippen LogP contribution in [0.3, 0.4) is 0 Å². The van der Waals surface area contributed by atoms with Crippen molar-refractivity contribution >= 4 is 27.4 Å². The molecule has 0 bridgehead atoms. The Morgan fingerprint density at radius 2 is 2.07 bits per heavy atom. The molecule has 2 aromatic rings. The lowest BCUT2D eigenvalue weighted by Crippen LogP contribution is -2.48. The van der Waals surface area contributed by atoms with E-state index in [1.807, 2.05) is 6.92 Å².